The average molecular weight is 420 g/mol. The van der Waals surface area contributed by atoms with E-state index in [1.165, 1.54) is 23.9 Å². The van der Waals surface area contributed by atoms with Gasteiger partial charge in [-0.3, -0.25) is 4.79 Å². The predicted octanol–water partition coefficient (Wildman–Crippen LogP) is 3.48. The molecule has 0 saturated carbocycles. The molecule has 1 amide bonds. The number of benzene rings is 1. The molecule has 1 aromatic carbocycles. The molecule has 1 unspecified atom stereocenters. The number of sulfone groups is 1. The molecule has 1 N–H and O–H groups in total. The van der Waals surface area contributed by atoms with Crippen molar-refractivity contribution >= 4 is 27.5 Å². The Kier molecular flexibility index (Phi) is 5.17. The molecule has 0 aliphatic carbocycles. The predicted molar refractivity (Wildman–Crippen MR) is 89.4 cm³/mol. The molecule has 1 atom stereocenters. The van der Waals surface area contributed by atoms with Crippen LogP contribution >= 0.6 is 11.8 Å². The van der Waals surface area contributed by atoms with Crippen molar-refractivity contribution in [2.75, 3.05) is 5.75 Å². The smallest absolute Gasteiger partial charge is 0.345 e. The van der Waals surface area contributed by atoms with E-state index in [9.17, 15) is 30.8 Å². The number of thioether (sulfide) groups is 1. The van der Waals surface area contributed by atoms with Gasteiger partial charge in [0.1, 0.15) is 5.82 Å². The Bertz CT molecular complexity index is 993. The Morgan fingerprint density at radius 1 is 1.22 bits per heavy atom. The Hall–Kier alpha value is -2.14. The minimum atomic E-state index is -5.80. The minimum Gasteiger partial charge on any atom is -0.345 e. The molecule has 144 valence electrons. The highest BCUT2D eigenvalue weighted by Gasteiger charge is 2.49. The molecule has 27 heavy (non-hydrogen) atoms. The molecule has 1 aliphatic rings. The standard InChI is InChI=1S/C16H12F4N2O3S2/c17-11-5-1-3-9-12(6-8-26-13(9)11)22-14(23)10-4-2-7-21-15(10)27(24,25)16(18,19)20/h1-5,7,12H,6,8H2,(H,22,23). The quantitative estimate of drug-likeness (QED) is 0.770. The van der Waals surface area contributed by atoms with Gasteiger partial charge in [-0.15, -0.1) is 11.8 Å². The molecule has 11 heteroatoms. The van der Waals surface area contributed by atoms with E-state index in [1.807, 2.05) is 0 Å². The van der Waals surface area contributed by atoms with Crippen LogP contribution in [0.1, 0.15) is 28.4 Å². The third-order valence-electron chi connectivity index (χ3n) is 3.91. The number of nitrogens with one attached hydrogen (secondary N) is 1. The van der Waals surface area contributed by atoms with Crippen molar-refractivity contribution in [1.29, 1.82) is 0 Å². The Morgan fingerprint density at radius 2 is 1.96 bits per heavy atom. The second-order valence-corrected chi connectivity index (χ2v) is 8.59. The summed E-state index contributed by atoms with van der Waals surface area (Å²) in [5, 5.41) is 1.13. The lowest BCUT2D eigenvalue weighted by atomic mass is 10.0. The first-order valence-corrected chi connectivity index (χ1v) is 10.1. The van der Waals surface area contributed by atoms with Crippen molar-refractivity contribution in [3.63, 3.8) is 0 Å². The van der Waals surface area contributed by atoms with Gasteiger partial charge in [-0.1, -0.05) is 12.1 Å². The molecule has 2 heterocycles. The molecule has 0 spiro atoms. The van der Waals surface area contributed by atoms with E-state index in [2.05, 4.69) is 10.3 Å². The number of alkyl halides is 3. The number of carbonyl (C=O) groups excluding carboxylic acids is 1. The van der Waals surface area contributed by atoms with Gasteiger partial charge < -0.3 is 5.32 Å². The monoisotopic (exact) mass is 420 g/mol. The summed E-state index contributed by atoms with van der Waals surface area (Å²) in [5.41, 5.74) is -5.82. The van der Waals surface area contributed by atoms with Crippen LogP contribution in [-0.2, 0) is 9.84 Å². The lowest BCUT2D eigenvalue weighted by Crippen LogP contribution is -2.33. The Balaban J connectivity index is 1.95. The van der Waals surface area contributed by atoms with Crippen LogP contribution in [-0.4, -0.2) is 30.6 Å². The second kappa shape index (κ2) is 7.12. The highest BCUT2D eigenvalue weighted by atomic mass is 32.2. The summed E-state index contributed by atoms with van der Waals surface area (Å²) >= 11 is 1.27. The Morgan fingerprint density at radius 3 is 2.67 bits per heavy atom. The van der Waals surface area contributed by atoms with E-state index in [-0.39, 0.29) is 0 Å². The largest absolute Gasteiger partial charge is 0.503 e. The van der Waals surface area contributed by atoms with Crippen molar-refractivity contribution in [3.05, 3.63) is 53.5 Å². The molecule has 1 aliphatic heterocycles. The lowest BCUT2D eigenvalue weighted by molar-refractivity contribution is -0.0438. The first-order chi connectivity index (χ1) is 12.6. The molecule has 0 saturated heterocycles. The fourth-order valence-corrected chi connectivity index (χ4v) is 4.67. The first kappa shape index (κ1) is 19.6. The summed E-state index contributed by atoms with van der Waals surface area (Å²) in [6.45, 7) is 0. The number of halogens is 4. The molecular weight excluding hydrogens is 408 g/mol. The van der Waals surface area contributed by atoms with Crippen molar-refractivity contribution in [1.82, 2.24) is 10.3 Å². The number of carbonyl (C=O) groups is 1. The molecule has 3 rings (SSSR count). The third-order valence-corrected chi connectivity index (χ3v) is 6.51. The Labute approximate surface area is 156 Å². The van der Waals surface area contributed by atoms with E-state index in [1.54, 1.807) is 6.07 Å². The average Bonchev–Trinajstić information content (AvgIpc) is 2.61. The molecule has 1 aromatic heterocycles. The lowest BCUT2D eigenvalue weighted by Gasteiger charge is -2.26. The number of amides is 1. The number of hydrogen-bond donors (Lipinski definition) is 1. The van der Waals surface area contributed by atoms with Gasteiger partial charge in [0.2, 0.25) is 0 Å². The van der Waals surface area contributed by atoms with E-state index >= 15 is 0 Å². The van der Waals surface area contributed by atoms with E-state index in [0.29, 0.717) is 22.6 Å². The summed E-state index contributed by atoms with van der Waals surface area (Å²) in [6, 6.07) is 5.78. The molecule has 0 bridgehead atoms. The minimum absolute atomic E-state index is 0.350. The zero-order valence-electron chi connectivity index (χ0n) is 13.5. The zero-order valence-corrected chi connectivity index (χ0v) is 15.1. The summed E-state index contributed by atoms with van der Waals surface area (Å²) in [5.74, 6) is -1.00. The maximum atomic E-state index is 13.9. The number of aromatic nitrogens is 1. The number of nitrogens with zero attached hydrogens (tertiary/aromatic N) is 1. The summed E-state index contributed by atoms with van der Waals surface area (Å²) < 4.78 is 75.9. The number of pyridine rings is 1. The van der Waals surface area contributed by atoms with Crippen molar-refractivity contribution in [2.24, 2.45) is 0 Å². The fraction of sp³-hybridized carbons (Fsp3) is 0.250. The first-order valence-electron chi connectivity index (χ1n) is 7.61. The van der Waals surface area contributed by atoms with Crippen molar-refractivity contribution in [3.8, 4) is 0 Å². The number of hydrogen-bond acceptors (Lipinski definition) is 5. The summed E-state index contributed by atoms with van der Waals surface area (Å²) in [4.78, 5) is 16.1. The normalized spacial score (nSPS) is 17.3. The topological polar surface area (TPSA) is 76.1 Å². The fourth-order valence-electron chi connectivity index (χ4n) is 2.66. The molecular formula is C16H12F4N2O3S2. The second-order valence-electron chi connectivity index (χ2n) is 5.63. The van der Waals surface area contributed by atoms with E-state index in [4.69, 9.17) is 0 Å². The maximum Gasteiger partial charge on any atom is 0.503 e. The van der Waals surface area contributed by atoms with Crippen LogP contribution in [0.15, 0.2) is 46.5 Å². The van der Waals surface area contributed by atoms with Gasteiger partial charge in [0.25, 0.3) is 15.7 Å². The van der Waals surface area contributed by atoms with Crippen molar-refractivity contribution < 1.29 is 30.8 Å². The molecule has 0 fully saturated rings. The van der Waals surface area contributed by atoms with Crippen molar-refractivity contribution in [2.45, 2.75) is 27.9 Å². The van der Waals surface area contributed by atoms with Gasteiger partial charge in [0, 0.05) is 16.8 Å². The van der Waals surface area contributed by atoms with E-state index < -0.39 is 43.7 Å². The van der Waals surface area contributed by atoms with Crippen LogP contribution < -0.4 is 5.32 Å². The highest BCUT2D eigenvalue weighted by molar-refractivity contribution is 7.99. The number of rotatable bonds is 3. The van der Waals surface area contributed by atoms with Gasteiger partial charge in [0.05, 0.1) is 11.6 Å². The summed E-state index contributed by atoms with van der Waals surface area (Å²) in [6.07, 6.45) is 1.27. The molecule has 2 aromatic rings. The van der Waals surface area contributed by atoms with Crippen LogP contribution in [0.4, 0.5) is 17.6 Å². The number of fused-ring (bicyclic) bond motifs is 1. The van der Waals surface area contributed by atoms with Gasteiger partial charge in [-0.2, -0.15) is 13.2 Å². The van der Waals surface area contributed by atoms with Gasteiger partial charge in [-0.25, -0.2) is 17.8 Å². The third kappa shape index (κ3) is 3.65. The molecule has 0 radical (unpaired) electrons. The van der Waals surface area contributed by atoms with Crippen LogP contribution in [0.3, 0.4) is 0 Å². The molecule has 5 nitrogen and oxygen atoms in total. The van der Waals surface area contributed by atoms with Crippen LogP contribution in [0.25, 0.3) is 0 Å². The van der Waals surface area contributed by atoms with Crippen LogP contribution in [0.5, 0.6) is 0 Å². The van der Waals surface area contributed by atoms with Gasteiger partial charge in [0.15, 0.2) is 5.03 Å². The maximum absolute atomic E-state index is 13.9. The van der Waals surface area contributed by atoms with E-state index in [0.717, 1.165) is 18.3 Å². The SMILES string of the molecule is O=C(NC1CCSc2c(F)cccc21)c1cccnc1S(=O)(=O)C(F)(F)F. The highest BCUT2D eigenvalue weighted by Crippen LogP contribution is 2.38. The van der Waals surface area contributed by atoms with Crippen LogP contribution in [0, 0.1) is 5.82 Å². The zero-order chi connectivity index (χ0) is 19.8. The van der Waals surface area contributed by atoms with Gasteiger partial charge >= 0.3 is 5.51 Å². The summed E-state index contributed by atoms with van der Waals surface area (Å²) in [7, 11) is -5.80. The van der Waals surface area contributed by atoms with Crippen LogP contribution in [0.2, 0.25) is 0 Å². The van der Waals surface area contributed by atoms with Gasteiger partial charge in [-0.05, 0) is 30.2 Å².